The Bertz CT molecular complexity index is 661. The molecule has 0 saturated carbocycles. The van der Waals surface area contributed by atoms with Gasteiger partial charge in [-0.2, -0.15) is 5.26 Å². The van der Waals surface area contributed by atoms with Crippen LogP contribution < -0.4 is 0 Å². The molecule has 0 amide bonds. The quantitative estimate of drug-likeness (QED) is 0.483. The summed E-state index contributed by atoms with van der Waals surface area (Å²) in [5.41, 5.74) is 0.535. The van der Waals surface area contributed by atoms with E-state index >= 15 is 0 Å². The predicted octanol–water partition coefficient (Wildman–Crippen LogP) is 4.20. The van der Waals surface area contributed by atoms with Gasteiger partial charge in [0.05, 0.1) is 11.8 Å². The summed E-state index contributed by atoms with van der Waals surface area (Å²) in [5, 5.41) is 11.0. The minimum absolute atomic E-state index is 0.105. The van der Waals surface area contributed by atoms with Gasteiger partial charge in [0, 0.05) is 14.7 Å². The van der Waals surface area contributed by atoms with E-state index in [4.69, 9.17) is 9.68 Å². The second-order valence-corrected chi connectivity index (χ2v) is 5.42. The second-order valence-electron chi connectivity index (χ2n) is 3.56. The summed E-state index contributed by atoms with van der Waals surface area (Å²) < 4.78 is 6.01. The normalized spacial score (nSPS) is 11.3. The number of hydrogen-bond acceptors (Lipinski definition) is 4. The van der Waals surface area contributed by atoms with Gasteiger partial charge in [0.2, 0.25) is 5.78 Å². The fourth-order valence-electron chi connectivity index (χ4n) is 1.46. The van der Waals surface area contributed by atoms with E-state index in [1.165, 1.54) is 17.6 Å². The lowest BCUT2D eigenvalue weighted by molar-refractivity contribution is 0.103. The minimum atomic E-state index is -0.312. The average Bonchev–Trinajstić information content (AvgIpc) is 2.94. The number of allylic oxidation sites excluding steroid dienone is 1. The zero-order valence-corrected chi connectivity index (χ0v) is 11.8. The fraction of sp³-hybridized carbons (Fsp3) is 0.0769. The van der Waals surface area contributed by atoms with Crippen molar-refractivity contribution in [1.82, 2.24) is 0 Å². The standard InChI is InChI=1S/C13H8BrNO2S/c1-8-12(2-3-17-8)13(16)9(6-15)4-11-5-10(14)7-18-11/h2-5,7H,1H3/b9-4-. The van der Waals surface area contributed by atoms with Crippen molar-refractivity contribution in [3.05, 3.63) is 50.0 Å². The molecule has 2 rings (SSSR count). The highest BCUT2D eigenvalue weighted by Crippen LogP contribution is 2.23. The molecular weight excluding hydrogens is 314 g/mol. The topological polar surface area (TPSA) is 54.0 Å². The van der Waals surface area contributed by atoms with E-state index in [0.29, 0.717) is 11.3 Å². The Balaban J connectivity index is 2.36. The SMILES string of the molecule is Cc1occc1C(=O)/C(C#N)=C\c1cc(Br)cs1. The second kappa shape index (κ2) is 5.34. The Morgan fingerprint density at radius 1 is 1.61 bits per heavy atom. The summed E-state index contributed by atoms with van der Waals surface area (Å²) in [6.45, 7) is 1.70. The van der Waals surface area contributed by atoms with E-state index in [-0.39, 0.29) is 11.4 Å². The first-order chi connectivity index (χ1) is 8.61. The minimum Gasteiger partial charge on any atom is -0.469 e. The Morgan fingerprint density at radius 3 is 2.89 bits per heavy atom. The fourth-order valence-corrected chi connectivity index (χ4v) is 2.84. The van der Waals surface area contributed by atoms with Crippen molar-refractivity contribution in [1.29, 1.82) is 5.26 Å². The smallest absolute Gasteiger partial charge is 0.207 e. The first kappa shape index (κ1) is 12.8. The molecule has 2 heterocycles. The molecule has 2 aromatic rings. The van der Waals surface area contributed by atoms with Crippen LogP contribution in [0.25, 0.3) is 6.08 Å². The first-order valence-corrected chi connectivity index (χ1v) is 6.73. The van der Waals surface area contributed by atoms with Crippen LogP contribution in [0.4, 0.5) is 0 Å². The molecular formula is C13H8BrNO2S. The number of thiophene rings is 1. The predicted molar refractivity (Wildman–Crippen MR) is 73.4 cm³/mol. The molecule has 0 aliphatic rings. The number of carbonyl (C=O) groups is 1. The van der Waals surface area contributed by atoms with E-state index in [9.17, 15) is 4.79 Å². The molecule has 0 fully saturated rings. The van der Waals surface area contributed by atoms with E-state index < -0.39 is 0 Å². The monoisotopic (exact) mass is 321 g/mol. The van der Waals surface area contributed by atoms with E-state index in [1.54, 1.807) is 19.1 Å². The highest BCUT2D eigenvalue weighted by Gasteiger charge is 2.16. The highest BCUT2D eigenvalue weighted by atomic mass is 79.9. The Labute approximate surface area is 116 Å². The van der Waals surface area contributed by atoms with Gasteiger partial charge in [-0.25, -0.2) is 0 Å². The van der Waals surface area contributed by atoms with E-state index in [2.05, 4.69) is 15.9 Å². The van der Waals surface area contributed by atoms with Gasteiger partial charge in [0.1, 0.15) is 17.4 Å². The van der Waals surface area contributed by atoms with Crippen LogP contribution in [0.2, 0.25) is 0 Å². The molecule has 5 heteroatoms. The molecule has 0 radical (unpaired) electrons. The Hall–Kier alpha value is -1.64. The lowest BCUT2D eigenvalue weighted by Crippen LogP contribution is -2.01. The molecule has 0 atom stereocenters. The molecule has 0 spiro atoms. The zero-order valence-electron chi connectivity index (χ0n) is 9.44. The van der Waals surface area contributed by atoms with Crippen LogP contribution in [0.5, 0.6) is 0 Å². The summed E-state index contributed by atoms with van der Waals surface area (Å²) in [7, 11) is 0. The molecule has 18 heavy (non-hydrogen) atoms. The number of ketones is 1. The molecule has 0 aliphatic heterocycles. The first-order valence-electron chi connectivity index (χ1n) is 5.06. The van der Waals surface area contributed by atoms with Crippen LogP contribution in [-0.4, -0.2) is 5.78 Å². The number of aryl methyl sites for hydroxylation is 1. The summed E-state index contributed by atoms with van der Waals surface area (Å²) in [6, 6.07) is 5.37. The van der Waals surface area contributed by atoms with Crippen LogP contribution in [0.1, 0.15) is 21.0 Å². The van der Waals surface area contributed by atoms with Crippen molar-refractivity contribution in [3.8, 4) is 6.07 Å². The van der Waals surface area contributed by atoms with Crippen molar-refractivity contribution < 1.29 is 9.21 Å². The molecule has 0 unspecified atom stereocenters. The van der Waals surface area contributed by atoms with Gasteiger partial charge in [-0.05, 0) is 41.1 Å². The van der Waals surface area contributed by atoms with Crippen LogP contribution in [0.3, 0.4) is 0 Å². The maximum atomic E-state index is 12.1. The van der Waals surface area contributed by atoms with Gasteiger partial charge in [-0.1, -0.05) is 0 Å². The number of nitriles is 1. The summed E-state index contributed by atoms with van der Waals surface area (Å²) in [5.74, 6) is 0.210. The van der Waals surface area contributed by atoms with Crippen LogP contribution in [0.15, 0.2) is 38.2 Å². The number of rotatable bonds is 3. The molecule has 0 aromatic carbocycles. The number of hydrogen-bond donors (Lipinski definition) is 0. The molecule has 0 bridgehead atoms. The van der Waals surface area contributed by atoms with Gasteiger partial charge in [-0.15, -0.1) is 11.3 Å². The highest BCUT2D eigenvalue weighted by molar-refractivity contribution is 9.10. The van der Waals surface area contributed by atoms with Crippen molar-refractivity contribution >= 4 is 39.1 Å². The lowest BCUT2D eigenvalue weighted by Gasteiger charge is -1.96. The Kier molecular flexibility index (Phi) is 3.80. The third-order valence-corrected chi connectivity index (χ3v) is 3.98. The van der Waals surface area contributed by atoms with Crippen molar-refractivity contribution in [3.63, 3.8) is 0 Å². The molecule has 0 N–H and O–H groups in total. The van der Waals surface area contributed by atoms with E-state index in [1.807, 2.05) is 17.5 Å². The number of halogens is 1. The van der Waals surface area contributed by atoms with Crippen molar-refractivity contribution in [2.45, 2.75) is 6.92 Å². The largest absolute Gasteiger partial charge is 0.469 e. The molecule has 0 aliphatic carbocycles. The van der Waals surface area contributed by atoms with Crippen molar-refractivity contribution in [2.75, 3.05) is 0 Å². The summed E-state index contributed by atoms with van der Waals surface area (Å²) in [4.78, 5) is 13.0. The lowest BCUT2D eigenvalue weighted by atomic mass is 10.0. The van der Waals surface area contributed by atoms with Crippen LogP contribution in [-0.2, 0) is 0 Å². The Morgan fingerprint density at radius 2 is 2.39 bits per heavy atom. The van der Waals surface area contributed by atoms with Gasteiger partial charge >= 0.3 is 0 Å². The molecule has 0 saturated heterocycles. The van der Waals surface area contributed by atoms with Gasteiger partial charge in [-0.3, -0.25) is 4.79 Å². The maximum Gasteiger partial charge on any atom is 0.207 e. The number of nitrogens with zero attached hydrogens (tertiary/aromatic N) is 1. The third kappa shape index (κ3) is 2.61. The molecule has 2 aromatic heterocycles. The third-order valence-electron chi connectivity index (χ3n) is 2.34. The average molecular weight is 322 g/mol. The van der Waals surface area contributed by atoms with Gasteiger partial charge in [0.15, 0.2) is 0 Å². The maximum absolute atomic E-state index is 12.1. The van der Waals surface area contributed by atoms with Crippen LogP contribution in [0, 0.1) is 18.3 Å². The number of furan rings is 1. The van der Waals surface area contributed by atoms with Gasteiger partial charge in [0.25, 0.3) is 0 Å². The van der Waals surface area contributed by atoms with E-state index in [0.717, 1.165) is 9.35 Å². The summed E-state index contributed by atoms with van der Waals surface area (Å²) in [6.07, 6.45) is 3.03. The summed E-state index contributed by atoms with van der Waals surface area (Å²) >= 11 is 4.79. The van der Waals surface area contributed by atoms with Gasteiger partial charge < -0.3 is 4.42 Å². The number of carbonyl (C=O) groups excluding carboxylic acids is 1. The van der Waals surface area contributed by atoms with Crippen LogP contribution >= 0.6 is 27.3 Å². The molecule has 3 nitrogen and oxygen atoms in total. The molecule has 90 valence electrons. The number of Topliss-reactive ketones (excluding diaryl/α,β-unsaturated/α-hetero) is 1. The zero-order chi connectivity index (χ0) is 13.1. The van der Waals surface area contributed by atoms with Crippen molar-refractivity contribution in [2.24, 2.45) is 0 Å².